The van der Waals surface area contributed by atoms with E-state index in [1.54, 1.807) is 12.1 Å². The summed E-state index contributed by atoms with van der Waals surface area (Å²) in [4.78, 5) is 17.9. The molecule has 1 amide bonds. The normalized spacial score (nSPS) is 13.0. The van der Waals surface area contributed by atoms with E-state index in [0.29, 0.717) is 29.3 Å². The number of nitrogens with two attached hydrogens (primary N) is 1. The first kappa shape index (κ1) is 20.6. The molecule has 0 spiro atoms. The Balaban J connectivity index is 2.02. The minimum absolute atomic E-state index is 0.0219. The molecular formula is C18H19N3O4S3. The Labute approximate surface area is 170 Å². The van der Waals surface area contributed by atoms with Gasteiger partial charge in [-0.3, -0.25) is 4.79 Å². The summed E-state index contributed by atoms with van der Waals surface area (Å²) < 4.78 is 31.2. The van der Waals surface area contributed by atoms with Gasteiger partial charge in [-0.1, -0.05) is 17.4 Å². The van der Waals surface area contributed by atoms with Crippen molar-refractivity contribution in [3.05, 3.63) is 51.5 Å². The Morgan fingerprint density at radius 1 is 1.36 bits per heavy atom. The summed E-state index contributed by atoms with van der Waals surface area (Å²) in [5.41, 5.74) is 0.769. The standard InChI is InChI=1S/C18H19N3O4S3/c1-2-25-10-9-21-15-7-6-14(28(19,23)24)12-16(15)27-18(21)20-17(22)8-5-13-4-3-11-26-13/h3-8,11-12H,2,9-10H2,1H3,(H2,19,23,24). The molecule has 0 unspecified atom stereocenters. The molecule has 3 rings (SSSR count). The average Bonchev–Trinajstić information content (AvgIpc) is 3.27. The lowest BCUT2D eigenvalue weighted by Crippen LogP contribution is -2.19. The minimum atomic E-state index is -3.81. The van der Waals surface area contributed by atoms with Gasteiger partial charge < -0.3 is 9.30 Å². The molecule has 148 valence electrons. The number of sulfonamides is 1. The molecule has 7 nitrogen and oxygen atoms in total. The van der Waals surface area contributed by atoms with E-state index in [-0.39, 0.29) is 4.90 Å². The van der Waals surface area contributed by atoms with Crippen molar-refractivity contribution >= 4 is 54.9 Å². The Bertz CT molecular complexity index is 1170. The van der Waals surface area contributed by atoms with Crippen LogP contribution in [0.5, 0.6) is 0 Å². The molecule has 0 bridgehead atoms. The van der Waals surface area contributed by atoms with Crippen LogP contribution < -0.4 is 9.94 Å². The molecule has 0 fully saturated rings. The monoisotopic (exact) mass is 437 g/mol. The number of nitrogens with zero attached hydrogens (tertiary/aromatic N) is 2. The molecule has 2 aromatic heterocycles. The molecule has 28 heavy (non-hydrogen) atoms. The third kappa shape index (κ3) is 5.03. The highest BCUT2D eigenvalue weighted by Crippen LogP contribution is 2.21. The van der Waals surface area contributed by atoms with Crippen molar-refractivity contribution in [3.8, 4) is 0 Å². The number of hydrogen-bond acceptors (Lipinski definition) is 6. The van der Waals surface area contributed by atoms with Crippen molar-refractivity contribution in [1.29, 1.82) is 0 Å². The Kier molecular flexibility index (Phi) is 6.57. The van der Waals surface area contributed by atoms with Gasteiger partial charge in [0.1, 0.15) is 0 Å². The summed E-state index contributed by atoms with van der Waals surface area (Å²) in [6.45, 7) is 3.42. The zero-order chi connectivity index (χ0) is 20.1. The van der Waals surface area contributed by atoms with Crippen LogP contribution in [0.2, 0.25) is 0 Å². The van der Waals surface area contributed by atoms with Gasteiger partial charge in [0.15, 0.2) is 4.80 Å². The second-order valence-electron chi connectivity index (χ2n) is 5.71. The summed E-state index contributed by atoms with van der Waals surface area (Å²) in [5.74, 6) is -0.392. The molecule has 2 N–H and O–H groups in total. The highest BCUT2D eigenvalue weighted by molar-refractivity contribution is 7.89. The zero-order valence-corrected chi connectivity index (χ0v) is 17.5. The number of ether oxygens (including phenoxy) is 1. The van der Waals surface area contributed by atoms with Gasteiger partial charge >= 0.3 is 0 Å². The maximum Gasteiger partial charge on any atom is 0.272 e. The molecule has 0 atom stereocenters. The van der Waals surface area contributed by atoms with Crippen LogP contribution in [0, 0.1) is 0 Å². The number of benzene rings is 1. The van der Waals surface area contributed by atoms with Gasteiger partial charge in [-0.25, -0.2) is 13.6 Å². The van der Waals surface area contributed by atoms with Gasteiger partial charge in [0, 0.05) is 24.1 Å². The summed E-state index contributed by atoms with van der Waals surface area (Å²) in [7, 11) is -3.81. The second-order valence-corrected chi connectivity index (χ2v) is 9.26. The molecule has 2 heterocycles. The fourth-order valence-electron chi connectivity index (χ4n) is 2.50. The average molecular weight is 438 g/mol. The van der Waals surface area contributed by atoms with Crippen LogP contribution in [0.25, 0.3) is 16.3 Å². The lowest BCUT2D eigenvalue weighted by atomic mass is 10.3. The number of aromatic nitrogens is 1. The van der Waals surface area contributed by atoms with Crippen LogP contribution in [0.4, 0.5) is 0 Å². The summed E-state index contributed by atoms with van der Waals surface area (Å²) in [5, 5.41) is 7.15. The topological polar surface area (TPSA) is 104 Å². The van der Waals surface area contributed by atoms with Crippen LogP contribution in [-0.2, 0) is 26.1 Å². The van der Waals surface area contributed by atoms with Crippen molar-refractivity contribution in [1.82, 2.24) is 4.57 Å². The molecule has 0 aliphatic rings. The summed E-state index contributed by atoms with van der Waals surface area (Å²) >= 11 is 2.76. The number of primary sulfonamides is 1. The number of carbonyl (C=O) groups is 1. The van der Waals surface area contributed by atoms with E-state index in [2.05, 4.69) is 4.99 Å². The van der Waals surface area contributed by atoms with E-state index in [1.165, 1.54) is 40.9 Å². The van der Waals surface area contributed by atoms with Crippen LogP contribution in [0.1, 0.15) is 11.8 Å². The van der Waals surface area contributed by atoms with Crippen LogP contribution in [0.3, 0.4) is 0 Å². The number of thiophene rings is 1. The number of amides is 1. The van der Waals surface area contributed by atoms with Gasteiger partial charge in [-0.15, -0.1) is 11.3 Å². The van der Waals surface area contributed by atoms with Crippen molar-refractivity contribution in [3.63, 3.8) is 0 Å². The quantitative estimate of drug-likeness (QED) is 0.453. The van der Waals surface area contributed by atoms with Gasteiger partial charge in [0.05, 0.1) is 21.7 Å². The number of hydrogen-bond donors (Lipinski definition) is 1. The molecule has 3 aromatic rings. The third-order valence-electron chi connectivity index (χ3n) is 3.79. The van der Waals surface area contributed by atoms with Crippen molar-refractivity contribution < 1.29 is 17.9 Å². The Hall–Kier alpha value is -2.11. The lowest BCUT2D eigenvalue weighted by Gasteiger charge is -2.05. The van der Waals surface area contributed by atoms with E-state index < -0.39 is 15.9 Å². The van der Waals surface area contributed by atoms with Gasteiger partial charge in [0.25, 0.3) is 5.91 Å². The molecule has 1 aromatic carbocycles. The van der Waals surface area contributed by atoms with E-state index in [0.717, 1.165) is 10.4 Å². The highest BCUT2D eigenvalue weighted by atomic mass is 32.2. The zero-order valence-electron chi connectivity index (χ0n) is 15.1. The van der Waals surface area contributed by atoms with Crippen LogP contribution >= 0.6 is 22.7 Å². The fraction of sp³-hybridized carbons (Fsp3) is 0.222. The molecule has 0 aliphatic heterocycles. The second kappa shape index (κ2) is 8.93. The van der Waals surface area contributed by atoms with E-state index in [4.69, 9.17) is 9.88 Å². The minimum Gasteiger partial charge on any atom is -0.380 e. The summed E-state index contributed by atoms with van der Waals surface area (Å²) in [6, 6.07) is 8.43. The number of rotatable bonds is 7. The smallest absolute Gasteiger partial charge is 0.272 e. The number of thiazole rings is 1. The first-order valence-corrected chi connectivity index (χ1v) is 11.7. The van der Waals surface area contributed by atoms with E-state index >= 15 is 0 Å². The van der Waals surface area contributed by atoms with Crippen LogP contribution in [0.15, 0.2) is 51.7 Å². The first-order valence-electron chi connectivity index (χ1n) is 8.42. The SMILES string of the molecule is CCOCCn1c(=NC(=O)C=Cc2cccs2)sc2cc(S(N)(=O)=O)ccc21. The highest BCUT2D eigenvalue weighted by Gasteiger charge is 2.13. The van der Waals surface area contributed by atoms with E-state index in [1.807, 2.05) is 29.0 Å². The van der Waals surface area contributed by atoms with Crippen molar-refractivity contribution in [2.45, 2.75) is 18.4 Å². The lowest BCUT2D eigenvalue weighted by molar-refractivity contribution is -0.113. The number of carbonyl (C=O) groups excluding carboxylic acids is 1. The maximum atomic E-state index is 12.3. The first-order chi connectivity index (χ1) is 13.4. The van der Waals surface area contributed by atoms with Crippen molar-refractivity contribution in [2.75, 3.05) is 13.2 Å². The molecule has 0 saturated heterocycles. The largest absolute Gasteiger partial charge is 0.380 e. The van der Waals surface area contributed by atoms with Gasteiger partial charge in [-0.05, 0) is 42.6 Å². The molecular weight excluding hydrogens is 418 g/mol. The Morgan fingerprint density at radius 3 is 2.86 bits per heavy atom. The Morgan fingerprint density at radius 2 is 2.18 bits per heavy atom. The summed E-state index contributed by atoms with van der Waals surface area (Å²) in [6.07, 6.45) is 3.13. The number of fused-ring (bicyclic) bond motifs is 1. The molecule has 0 saturated carbocycles. The molecule has 10 heteroatoms. The predicted octanol–water partition coefficient (Wildman–Crippen LogP) is 2.59. The molecule has 0 aliphatic carbocycles. The van der Waals surface area contributed by atoms with Gasteiger partial charge in [-0.2, -0.15) is 4.99 Å². The fourth-order valence-corrected chi connectivity index (χ4v) is 4.84. The van der Waals surface area contributed by atoms with Gasteiger partial charge in [0.2, 0.25) is 10.0 Å². The third-order valence-corrected chi connectivity index (χ3v) is 6.58. The predicted molar refractivity (Wildman–Crippen MR) is 112 cm³/mol. The van der Waals surface area contributed by atoms with E-state index in [9.17, 15) is 13.2 Å². The van der Waals surface area contributed by atoms with Crippen LogP contribution in [-0.4, -0.2) is 32.1 Å². The maximum absolute atomic E-state index is 12.3. The van der Waals surface area contributed by atoms with Crippen molar-refractivity contribution in [2.24, 2.45) is 10.1 Å². The molecule has 0 radical (unpaired) electrons.